The first-order chi connectivity index (χ1) is 9.63. The zero-order chi connectivity index (χ0) is 14.1. The minimum Gasteiger partial charge on any atom is -0.338 e. The van der Waals surface area contributed by atoms with Gasteiger partial charge in [0.05, 0.1) is 18.3 Å². The molecule has 3 heterocycles. The van der Waals surface area contributed by atoms with Crippen LogP contribution in [0.3, 0.4) is 0 Å². The van der Waals surface area contributed by atoms with Gasteiger partial charge in [0.25, 0.3) is 0 Å². The second-order valence-electron chi connectivity index (χ2n) is 5.01. The van der Waals surface area contributed by atoms with E-state index in [1.807, 2.05) is 20.0 Å². The third kappa shape index (κ3) is 2.44. The Bertz CT molecular complexity index is 618. The molecule has 1 aliphatic rings. The van der Waals surface area contributed by atoms with Gasteiger partial charge in [-0.2, -0.15) is 0 Å². The summed E-state index contributed by atoms with van der Waals surface area (Å²) < 4.78 is 7.11. The lowest BCUT2D eigenvalue weighted by Crippen LogP contribution is -2.45. The van der Waals surface area contributed by atoms with Crippen LogP contribution in [0.25, 0.3) is 0 Å². The van der Waals surface area contributed by atoms with Crippen LogP contribution in [0.5, 0.6) is 0 Å². The zero-order valence-electron chi connectivity index (χ0n) is 11.5. The summed E-state index contributed by atoms with van der Waals surface area (Å²) in [6.45, 7) is 6.06. The van der Waals surface area contributed by atoms with Crippen LogP contribution in [0.4, 0.5) is 5.88 Å². The lowest BCUT2D eigenvalue weighted by molar-refractivity contribution is -0.121. The lowest BCUT2D eigenvalue weighted by Gasteiger charge is -2.31. The Morgan fingerprint density at radius 1 is 1.50 bits per heavy atom. The van der Waals surface area contributed by atoms with Crippen LogP contribution in [-0.4, -0.2) is 38.1 Å². The summed E-state index contributed by atoms with van der Waals surface area (Å²) in [6, 6.07) is 1.46. The quantitative estimate of drug-likeness (QED) is 0.905. The first-order valence-electron chi connectivity index (χ1n) is 6.62. The van der Waals surface area contributed by atoms with Gasteiger partial charge in [0.15, 0.2) is 0 Å². The van der Waals surface area contributed by atoms with Crippen LogP contribution in [0.1, 0.15) is 18.4 Å². The average molecular weight is 275 g/mol. The highest BCUT2D eigenvalue weighted by Crippen LogP contribution is 2.15. The highest BCUT2D eigenvalue weighted by molar-refractivity contribution is 5.93. The molecule has 7 heteroatoms. The van der Waals surface area contributed by atoms with Crippen molar-refractivity contribution in [3.8, 4) is 0 Å². The summed E-state index contributed by atoms with van der Waals surface area (Å²) >= 11 is 0. The average Bonchev–Trinajstić information content (AvgIpc) is 3.05. The molecule has 2 aromatic heterocycles. The third-order valence-corrected chi connectivity index (χ3v) is 3.58. The molecule has 0 saturated heterocycles. The molecule has 0 radical (unpaired) electrons. The second-order valence-corrected chi connectivity index (χ2v) is 5.01. The van der Waals surface area contributed by atoms with Gasteiger partial charge in [-0.25, -0.2) is 4.98 Å². The second kappa shape index (κ2) is 5.09. The first kappa shape index (κ1) is 12.9. The number of hydrogen-bond acceptors (Lipinski definition) is 5. The summed E-state index contributed by atoms with van der Waals surface area (Å²) in [4.78, 5) is 18.6. The fraction of sp³-hybridized carbons (Fsp3) is 0.462. The molecule has 0 bridgehead atoms. The van der Waals surface area contributed by atoms with Crippen molar-refractivity contribution in [3.63, 3.8) is 0 Å². The van der Waals surface area contributed by atoms with Crippen LogP contribution in [-0.2, 0) is 17.9 Å². The van der Waals surface area contributed by atoms with Crippen LogP contribution in [0, 0.1) is 6.92 Å². The van der Waals surface area contributed by atoms with Crippen molar-refractivity contribution in [1.82, 2.24) is 19.6 Å². The summed E-state index contributed by atoms with van der Waals surface area (Å²) in [5, 5.41) is 6.49. The largest absolute Gasteiger partial charge is 0.338 e. The van der Waals surface area contributed by atoms with Crippen molar-refractivity contribution in [2.45, 2.75) is 33.0 Å². The monoisotopic (exact) mass is 275 g/mol. The van der Waals surface area contributed by atoms with Gasteiger partial charge in [0, 0.05) is 31.5 Å². The van der Waals surface area contributed by atoms with E-state index in [0.717, 1.165) is 24.6 Å². The summed E-state index contributed by atoms with van der Waals surface area (Å²) in [7, 11) is 0. The molecular weight excluding hydrogens is 258 g/mol. The zero-order valence-corrected chi connectivity index (χ0v) is 11.5. The number of rotatable bonds is 3. The number of nitrogens with zero attached hydrogens (tertiary/aromatic N) is 4. The summed E-state index contributed by atoms with van der Waals surface area (Å²) in [5.74, 6) is 1.28. The number of amides is 1. The van der Waals surface area contributed by atoms with Crippen LogP contribution < -0.4 is 5.32 Å². The van der Waals surface area contributed by atoms with E-state index in [4.69, 9.17) is 4.52 Å². The van der Waals surface area contributed by atoms with Crippen LogP contribution in [0.15, 0.2) is 23.0 Å². The molecule has 1 atom stereocenters. The highest BCUT2D eigenvalue weighted by atomic mass is 16.5. The molecule has 1 aliphatic heterocycles. The van der Waals surface area contributed by atoms with Crippen LogP contribution >= 0.6 is 0 Å². The van der Waals surface area contributed by atoms with Gasteiger partial charge in [-0.05, 0) is 13.8 Å². The molecule has 1 N–H and O–H groups in total. The maximum absolute atomic E-state index is 12.2. The Morgan fingerprint density at radius 2 is 2.35 bits per heavy atom. The van der Waals surface area contributed by atoms with Crippen molar-refractivity contribution in [1.29, 1.82) is 0 Å². The van der Waals surface area contributed by atoms with Gasteiger partial charge >= 0.3 is 0 Å². The lowest BCUT2D eigenvalue weighted by atomic mass is 10.2. The topological polar surface area (TPSA) is 76.2 Å². The summed E-state index contributed by atoms with van der Waals surface area (Å²) in [6.07, 6.45) is 3.76. The predicted octanol–water partition coefficient (Wildman–Crippen LogP) is 1.02. The Labute approximate surface area is 116 Å². The molecular formula is C13H17N5O2. The van der Waals surface area contributed by atoms with Crippen LogP contribution in [0.2, 0.25) is 0 Å². The minimum absolute atomic E-state index is 0.0962. The van der Waals surface area contributed by atoms with Crippen molar-refractivity contribution in [2.75, 3.05) is 11.9 Å². The van der Waals surface area contributed by atoms with Gasteiger partial charge in [0.1, 0.15) is 5.82 Å². The van der Waals surface area contributed by atoms with E-state index < -0.39 is 0 Å². The fourth-order valence-corrected chi connectivity index (χ4v) is 2.34. The number of carbonyl (C=O) groups is 1. The molecule has 0 aromatic carbocycles. The molecule has 0 spiro atoms. The molecule has 2 aromatic rings. The molecule has 0 saturated carbocycles. The number of aryl methyl sites for hydroxylation is 1. The van der Waals surface area contributed by atoms with Crippen molar-refractivity contribution in [3.05, 3.63) is 30.0 Å². The fourth-order valence-electron chi connectivity index (χ4n) is 2.34. The predicted molar refractivity (Wildman–Crippen MR) is 72.0 cm³/mol. The van der Waals surface area contributed by atoms with E-state index in [0.29, 0.717) is 12.4 Å². The number of aromatic nitrogens is 3. The molecule has 1 amide bonds. The van der Waals surface area contributed by atoms with E-state index in [-0.39, 0.29) is 11.9 Å². The first-order valence-corrected chi connectivity index (χ1v) is 6.62. The Kier molecular flexibility index (Phi) is 3.27. The number of nitrogens with one attached hydrogen (secondary N) is 1. The van der Waals surface area contributed by atoms with E-state index in [9.17, 15) is 4.79 Å². The molecule has 20 heavy (non-hydrogen) atoms. The molecule has 3 rings (SSSR count). The molecule has 0 aliphatic carbocycles. The highest BCUT2D eigenvalue weighted by Gasteiger charge is 2.26. The Morgan fingerprint density at radius 3 is 3.10 bits per heavy atom. The van der Waals surface area contributed by atoms with E-state index in [2.05, 4.69) is 24.9 Å². The smallest absolute Gasteiger partial charge is 0.243 e. The van der Waals surface area contributed by atoms with Gasteiger partial charge < -0.3 is 9.09 Å². The Balaban J connectivity index is 1.64. The molecule has 0 unspecified atom stereocenters. The van der Waals surface area contributed by atoms with Gasteiger partial charge in [-0.3, -0.25) is 15.0 Å². The molecule has 106 valence electrons. The number of imidazole rings is 1. The maximum atomic E-state index is 12.2. The Hall–Kier alpha value is -2.15. The number of fused-ring (bicyclic) bond motifs is 1. The van der Waals surface area contributed by atoms with Gasteiger partial charge in [0.2, 0.25) is 11.8 Å². The number of carbonyl (C=O) groups excluding carboxylic acids is 1. The molecule has 7 nitrogen and oxygen atoms in total. The minimum atomic E-state index is -0.245. The normalized spacial score (nSPS) is 16.7. The molecule has 0 fully saturated rings. The van der Waals surface area contributed by atoms with E-state index >= 15 is 0 Å². The third-order valence-electron chi connectivity index (χ3n) is 3.58. The number of hydrogen-bond donors (Lipinski definition) is 1. The van der Waals surface area contributed by atoms with Crippen molar-refractivity contribution >= 4 is 11.8 Å². The van der Waals surface area contributed by atoms with Gasteiger partial charge in [-0.15, -0.1) is 0 Å². The van der Waals surface area contributed by atoms with Crippen molar-refractivity contribution < 1.29 is 9.32 Å². The SMILES string of the molecule is Cc1cc(NC(=O)[C@H](C)N2CCn3ccnc3C2)on1. The van der Waals surface area contributed by atoms with E-state index in [1.54, 1.807) is 12.3 Å². The maximum Gasteiger partial charge on any atom is 0.243 e. The van der Waals surface area contributed by atoms with E-state index in [1.165, 1.54) is 0 Å². The summed E-state index contributed by atoms with van der Waals surface area (Å²) in [5.41, 5.74) is 0.743. The number of anilines is 1. The van der Waals surface area contributed by atoms with Crippen molar-refractivity contribution in [2.24, 2.45) is 0 Å². The van der Waals surface area contributed by atoms with Gasteiger partial charge in [-0.1, -0.05) is 5.16 Å². The standard InChI is InChI=1S/C13H17N5O2/c1-9-7-12(20-16-9)15-13(19)10(2)18-6-5-17-4-3-14-11(17)8-18/h3-4,7,10H,5-6,8H2,1-2H3,(H,15,19)/t10-/m0/s1.